The summed E-state index contributed by atoms with van der Waals surface area (Å²) in [6.45, 7) is 0. The molecule has 2 heterocycles. The van der Waals surface area contributed by atoms with Crippen LogP contribution in [-0.4, -0.2) is 36.8 Å². The molecule has 14 heteroatoms. The molecular weight excluding hydrogens is 401 g/mol. The fourth-order valence-corrected chi connectivity index (χ4v) is 2.35. The zero-order valence-electron chi connectivity index (χ0n) is 10.3. The third kappa shape index (κ3) is 6.34. The fourth-order valence-electron chi connectivity index (χ4n) is 0.906. The van der Waals surface area contributed by atoms with Gasteiger partial charge in [0.15, 0.2) is 10.1 Å². The Morgan fingerprint density at radius 2 is 1.23 bits per heavy atom. The third-order valence-corrected chi connectivity index (χ3v) is 4.02. The van der Waals surface area contributed by atoms with Crippen LogP contribution in [-0.2, 0) is 19.1 Å². The van der Waals surface area contributed by atoms with Crippen molar-refractivity contribution in [3.05, 3.63) is 35.1 Å². The van der Waals surface area contributed by atoms with E-state index < -0.39 is 19.1 Å². The van der Waals surface area contributed by atoms with Gasteiger partial charge in [-0.05, 0) is 0 Å². The average Bonchev–Trinajstić information content (AvgIpc) is 2.37. The molecule has 0 atom stereocenters. The number of hydrogen-bond donors (Lipinski definition) is 1. The Labute approximate surface area is 140 Å². The lowest BCUT2D eigenvalue weighted by atomic mass is 10.8. The van der Waals surface area contributed by atoms with Gasteiger partial charge in [0.2, 0.25) is 0 Å². The van der Waals surface area contributed by atoms with Crippen LogP contribution < -0.4 is 5.14 Å². The van der Waals surface area contributed by atoms with Crippen molar-refractivity contribution in [3.8, 4) is 0 Å². The van der Waals surface area contributed by atoms with E-state index in [1.807, 2.05) is 0 Å². The van der Waals surface area contributed by atoms with E-state index in [-0.39, 0.29) is 20.4 Å². The Hall–Kier alpha value is -1.11. The van der Waals surface area contributed by atoms with Crippen LogP contribution >= 0.6 is 33.9 Å². The lowest BCUT2D eigenvalue weighted by Crippen LogP contribution is -2.14. The predicted octanol–water partition coefficient (Wildman–Crippen LogP) is 0.835. The molecule has 2 aromatic heterocycles. The summed E-state index contributed by atoms with van der Waals surface area (Å²) in [4.78, 5) is 13.9. The monoisotopic (exact) mass is 405 g/mol. The van der Waals surface area contributed by atoms with Crippen LogP contribution in [0.15, 0.2) is 34.8 Å². The molecule has 0 spiro atoms. The molecule has 0 amide bonds. The van der Waals surface area contributed by atoms with Crippen LogP contribution in [0.2, 0.25) is 10.3 Å². The summed E-state index contributed by atoms with van der Waals surface area (Å²) in [6, 6.07) is 0. The molecule has 9 nitrogen and oxygen atoms in total. The van der Waals surface area contributed by atoms with Gasteiger partial charge in [-0.3, -0.25) is 9.97 Å². The van der Waals surface area contributed by atoms with Gasteiger partial charge in [-0.15, -0.1) is 0 Å². The molecule has 0 radical (unpaired) electrons. The number of halogens is 3. The highest BCUT2D eigenvalue weighted by Crippen LogP contribution is 2.12. The van der Waals surface area contributed by atoms with Crippen LogP contribution in [0, 0.1) is 0 Å². The van der Waals surface area contributed by atoms with Gasteiger partial charge in [0, 0.05) is 10.7 Å². The Morgan fingerprint density at radius 1 is 0.818 bits per heavy atom. The number of hydrogen-bond acceptors (Lipinski definition) is 8. The second-order valence-corrected chi connectivity index (χ2v) is 8.14. The lowest BCUT2D eigenvalue weighted by Gasteiger charge is -1.94. The van der Waals surface area contributed by atoms with Crippen LogP contribution in [0.25, 0.3) is 0 Å². The lowest BCUT2D eigenvalue weighted by molar-refractivity contribution is 0.593. The van der Waals surface area contributed by atoms with Crippen molar-refractivity contribution >= 4 is 53.0 Å². The first kappa shape index (κ1) is 18.9. The summed E-state index contributed by atoms with van der Waals surface area (Å²) < 4.78 is 42.4. The number of nitrogens with two attached hydrogens (primary N) is 1. The normalized spacial score (nSPS) is 11.5. The second kappa shape index (κ2) is 7.44. The number of nitrogens with zero attached hydrogens (tertiary/aromatic N) is 4. The van der Waals surface area contributed by atoms with Crippen LogP contribution in [0.3, 0.4) is 0 Å². The first-order chi connectivity index (χ1) is 10.00. The molecule has 0 aromatic carbocycles. The van der Waals surface area contributed by atoms with Gasteiger partial charge in [-0.25, -0.2) is 31.9 Å². The minimum Gasteiger partial charge on any atom is -0.258 e. The van der Waals surface area contributed by atoms with E-state index in [2.05, 4.69) is 19.9 Å². The van der Waals surface area contributed by atoms with Gasteiger partial charge in [0.1, 0.15) is 10.3 Å². The second-order valence-electron chi connectivity index (χ2n) is 3.34. The molecule has 120 valence electrons. The van der Waals surface area contributed by atoms with Crippen LogP contribution in [0.5, 0.6) is 0 Å². The number of aromatic nitrogens is 4. The quantitative estimate of drug-likeness (QED) is 0.722. The van der Waals surface area contributed by atoms with Gasteiger partial charge >= 0.3 is 0 Å². The summed E-state index contributed by atoms with van der Waals surface area (Å²) in [5.41, 5.74) is 0. The van der Waals surface area contributed by atoms with E-state index in [9.17, 15) is 16.8 Å². The Morgan fingerprint density at radius 3 is 1.50 bits per heavy atom. The molecule has 0 saturated heterocycles. The summed E-state index contributed by atoms with van der Waals surface area (Å²) in [7, 11) is -2.65. The van der Waals surface area contributed by atoms with Crippen molar-refractivity contribution < 1.29 is 16.8 Å². The minimum atomic E-state index is -3.81. The number of rotatable bonds is 2. The maximum absolute atomic E-state index is 10.6. The molecule has 2 rings (SSSR count). The molecule has 2 N–H and O–H groups in total. The molecule has 0 fully saturated rings. The van der Waals surface area contributed by atoms with E-state index in [1.165, 1.54) is 12.4 Å². The van der Waals surface area contributed by atoms with Crippen molar-refractivity contribution in [1.29, 1.82) is 0 Å². The summed E-state index contributed by atoms with van der Waals surface area (Å²) in [6.07, 6.45) is 4.48. The molecule has 0 unspecified atom stereocenters. The molecule has 0 aliphatic rings. The highest BCUT2D eigenvalue weighted by atomic mass is 35.7. The number of primary sulfonamides is 1. The largest absolute Gasteiger partial charge is 0.280 e. The minimum absolute atomic E-state index is 0.00322. The van der Waals surface area contributed by atoms with E-state index in [4.69, 9.17) is 39.0 Å². The van der Waals surface area contributed by atoms with Crippen molar-refractivity contribution in [3.63, 3.8) is 0 Å². The van der Waals surface area contributed by atoms with E-state index in [1.54, 1.807) is 0 Å². The summed E-state index contributed by atoms with van der Waals surface area (Å²) in [5.74, 6) is 0. The maximum Gasteiger partial charge on any atom is 0.280 e. The Kier molecular flexibility index (Phi) is 6.40. The summed E-state index contributed by atoms with van der Waals surface area (Å²) in [5, 5.41) is 4.06. The van der Waals surface area contributed by atoms with Gasteiger partial charge in [0.05, 0.1) is 24.8 Å². The standard InChI is InChI=1S/C4H2Cl2N2O2S.C4H4ClN3O2S/c2*5-3-1-7-2-4(8-3)11(6,9)10/h1-2H;1-2H,(H2,6,9,10). The summed E-state index contributed by atoms with van der Waals surface area (Å²) >= 11 is 10.7. The Balaban J connectivity index is 0.000000220. The topological polar surface area (TPSA) is 146 Å². The zero-order chi connectivity index (χ0) is 17.0. The highest BCUT2D eigenvalue weighted by molar-refractivity contribution is 8.13. The van der Waals surface area contributed by atoms with Crippen LogP contribution in [0.1, 0.15) is 0 Å². The zero-order valence-corrected chi connectivity index (χ0v) is 14.2. The molecule has 22 heavy (non-hydrogen) atoms. The smallest absolute Gasteiger partial charge is 0.258 e. The maximum atomic E-state index is 10.6. The van der Waals surface area contributed by atoms with Gasteiger partial charge in [-0.2, -0.15) is 0 Å². The Bertz CT molecular complexity index is 801. The highest BCUT2D eigenvalue weighted by Gasteiger charge is 2.11. The average molecular weight is 407 g/mol. The van der Waals surface area contributed by atoms with Gasteiger partial charge < -0.3 is 0 Å². The van der Waals surface area contributed by atoms with Crippen molar-refractivity contribution in [2.24, 2.45) is 5.14 Å². The van der Waals surface area contributed by atoms with Gasteiger partial charge in [0.25, 0.3) is 19.1 Å². The molecule has 0 aliphatic carbocycles. The SMILES string of the molecule is NS(=O)(=O)c1cncc(Cl)n1.O=S(=O)(Cl)c1cncc(Cl)n1. The van der Waals surface area contributed by atoms with Crippen molar-refractivity contribution in [2.75, 3.05) is 0 Å². The molecule has 0 saturated carbocycles. The van der Waals surface area contributed by atoms with Crippen molar-refractivity contribution in [1.82, 2.24) is 19.9 Å². The first-order valence-corrected chi connectivity index (χ1v) is 9.54. The number of sulfonamides is 1. The predicted molar refractivity (Wildman–Crippen MR) is 78.5 cm³/mol. The molecule has 0 aliphatic heterocycles. The van der Waals surface area contributed by atoms with E-state index in [0.717, 1.165) is 12.4 Å². The molecule has 0 bridgehead atoms. The first-order valence-electron chi connectivity index (χ1n) is 4.92. The fraction of sp³-hybridized carbons (Fsp3) is 0. The molecular formula is C8H6Cl3N5O4S2. The third-order valence-electron chi connectivity index (χ3n) is 1.71. The van der Waals surface area contributed by atoms with Gasteiger partial charge in [-0.1, -0.05) is 23.2 Å². The van der Waals surface area contributed by atoms with Crippen LogP contribution in [0.4, 0.5) is 0 Å². The van der Waals surface area contributed by atoms with E-state index in [0.29, 0.717) is 0 Å². The van der Waals surface area contributed by atoms with E-state index >= 15 is 0 Å². The molecule has 2 aromatic rings. The van der Waals surface area contributed by atoms with Crippen molar-refractivity contribution in [2.45, 2.75) is 10.1 Å².